The Balaban J connectivity index is 2.06. The van der Waals surface area contributed by atoms with Crippen LogP contribution in [0.5, 0.6) is 0 Å². The van der Waals surface area contributed by atoms with Gasteiger partial charge in [-0.15, -0.1) is 0 Å². The van der Waals surface area contributed by atoms with Crippen molar-refractivity contribution in [1.29, 1.82) is 0 Å². The van der Waals surface area contributed by atoms with Crippen molar-refractivity contribution in [3.8, 4) is 0 Å². The predicted octanol–water partition coefficient (Wildman–Crippen LogP) is 1.13. The van der Waals surface area contributed by atoms with Gasteiger partial charge < -0.3 is 5.11 Å². The fraction of sp³-hybridized carbons (Fsp3) is 0.571. The van der Waals surface area contributed by atoms with E-state index in [9.17, 15) is 14.3 Å². The highest BCUT2D eigenvalue weighted by molar-refractivity contribution is 5.94. The lowest BCUT2D eigenvalue weighted by Crippen LogP contribution is -2.40. The number of hydrogen-bond acceptors (Lipinski definition) is 4. The third-order valence-corrected chi connectivity index (χ3v) is 3.24. The number of halogens is 1. The summed E-state index contributed by atoms with van der Waals surface area (Å²) in [6.45, 7) is 2.80. The summed E-state index contributed by atoms with van der Waals surface area (Å²) in [6.07, 6.45) is 2.02. The second-order valence-electron chi connectivity index (χ2n) is 5.70. The fourth-order valence-electron chi connectivity index (χ4n) is 1.69. The number of nitrogens with zero attached hydrogens (tertiary/aromatic N) is 1. The van der Waals surface area contributed by atoms with Crippen molar-refractivity contribution in [2.24, 2.45) is 0 Å². The lowest BCUT2D eigenvalue weighted by atomic mass is 9.97. The molecule has 0 radical (unpaired) electrons. The Bertz CT molecular complexity index is 484. The van der Waals surface area contributed by atoms with Gasteiger partial charge in [0.15, 0.2) is 0 Å². The van der Waals surface area contributed by atoms with E-state index >= 15 is 0 Å². The Morgan fingerprint density at radius 1 is 1.60 bits per heavy atom. The summed E-state index contributed by atoms with van der Waals surface area (Å²) in [4.78, 5) is 16.1. The molecule has 3 N–H and O–H groups in total. The van der Waals surface area contributed by atoms with E-state index in [-0.39, 0.29) is 12.3 Å². The number of rotatable bonds is 6. The van der Waals surface area contributed by atoms with E-state index in [4.69, 9.17) is 0 Å². The van der Waals surface area contributed by atoms with Crippen LogP contribution in [-0.4, -0.2) is 33.8 Å². The van der Waals surface area contributed by atoms with Crippen LogP contribution in [-0.2, 0) is 6.42 Å². The van der Waals surface area contributed by atoms with Gasteiger partial charge in [-0.2, -0.15) is 0 Å². The Hall–Kier alpha value is -1.53. The predicted molar refractivity (Wildman–Crippen MR) is 72.8 cm³/mol. The first kappa shape index (κ1) is 14.9. The Labute approximate surface area is 117 Å². The number of aromatic nitrogens is 1. The van der Waals surface area contributed by atoms with Crippen LogP contribution in [0.2, 0.25) is 0 Å². The second kappa shape index (κ2) is 5.85. The molecular formula is C14H20FN3O2. The summed E-state index contributed by atoms with van der Waals surface area (Å²) >= 11 is 0. The lowest BCUT2D eigenvalue weighted by molar-refractivity contribution is -0.00309. The average molecular weight is 281 g/mol. The van der Waals surface area contributed by atoms with Crippen LogP contribution in [0, 0.1) is 0 Å². The third-order valence-electron chi connectivity index (χ3n) is 3.24. The maximum absolute atomic E-state index is 13.9. The molecule has 110 valence electrons. The molecule has 1 amide bonds. The molecule has 1 aromatic rings. The van der Waals surface area contributed by atoms with Crippen molar-refractivity contribution in [2.75, 3.05) is 0 Å². The topological polar surface area (TPSA) is 74.2 Å². The van der Waals surface area contributed by atoms with Crippen molar-refractivity contribution < 1.29 is 14.3 Å². The molecule has 6 heteroatoms. The van der Waals surface area contributed by atoms with Crippen LogP contribution in [0.3, 0.4) is 0 Å². The summed E-state index contributed by atoms with van der Waals surface area (Å²) in [5.74, 6) is -0.331. The van der Waals surface area contributed by atoms with E-state index in [2.05, 4.69) is 15.8 Å². The molecule has 1 saturated carbocycles. The van der Waals surface area contributed by atoms with Gasteiger partial charge in [0.1, 0.15) is 6.17 Å². The van der Waals surface area contributed by atoms with Gasteiger partial charge in [0.05, 0.1) is 16.9 Å². The molecule has 1 atom stereocenters. The van der Waals surface area contributed by atoms with Gasteiger partial charge in [-0.05, 0) is 38.8 Å². The Morgan fingerprint density at radius 3 is 2.90 bits per heavy atom. The van der Waals surface area contributed by atoms with Crippen LogP contribution >= 0.6 is 0 Å². The van der Waals surface area contributed by atoms with Crippen LogP contribution in [0.4, 0.5) is 4.39 Å². The highest BCUT2D eigenvalue weighted by atomic mass is 19.1. The summed E-state index contributed by atoms with van der Waals surface area (Å²) < 4.78 is 13.9. The lowest BCUT2D eigenvalue weighted by Gasteiger charge is -2.22. The SMILES string of the molecule is CC(C)(O)C(F)Cc1ncccc1C(=O)NNC1CC1. The first-order chi connectivity index (χ1) is 9.38. The molecule has 1 unspecified atom stereocenters. The van der Waals surface area contributed by atoms with Crippen LogP contribution in [0.1, 0.15) is 42.7 Å². The van der Waals surface area contributed by atoms with Crippen molar-refractivity contribution in [2.45, 2.75) is 50.9 Å². The molecule has 0 aliphatic heterocycles. The van der Waals surface area contributed by atoms with Crippen LogP contribution in [0.25, 0.3) is 0 Å². The van der Waals surface area contributed by atoms with Gasteiger partial charge in [-0.3, -0.25) is 15.2 Å². The van der Waals surface area contributed by atoms with Gasteiger partial charge in [0.2, 0.25) is 0 Å². The van der Waals surface area contributed by atoms with E-state index in [1.165, 1.54) is 20.0 Å². The third kappa shape index (κ3) is 3.98. The number of hydrogen-bond donors (Lipinski definition) is 3. The number of amides is 1. The zero-order valence-electron chi connectivity index (χ0n) is 11.7. The Kier molecular flexibility index (Phi) is 4.35. The van der Waals surface area contributed by atoms with Gasteiger partial charge in [-0.1, -0.05) is 0 Å². The minimum Gasteiger partial charge on any atom is -0.387 e. The zero-order valence-corrected chi connectivity index (χ0v) is 11.7. The summed E-state index contributed by atoms with van der Waals surface area (Å²) in [6, 6.07) is 3.57. The summed E-state index contributed by atoms with van der Waals surface area (Å²) in [7, 11) is 0. The average Bonchev–Trinajstić information content (AvgIpc) is 3.19. The molecule has 0 saturated heterocycles. The molecule has 1 aromatic heterocycles. The van der Waals surface area contributed by atoms with Crippen LogP contribution in [0.15, 0.2) is 18.3 Å². The van der Waals surface area contributed by atoms with Gasteiger partial charge in [0.25, 0.3) is 5.91 Å². The smallest absolute Gasteiger partial charge is 0.267 e. The van der Waals surface area contributed by atoms with Gasteiger partial charge in [-0.25, -0.2) is 9.82 Å². The zero-order chi connectivity index (χ0) is 14.8. The maximum atomic E-state index is 13.9. The number of hydrazine groups is 1. The largest absolute Gasteiger partial charge is 0.387 e. The molecule has 1 aliphatic rings. The second-order valence-corrected chi connectivity index (χ2v) is 5.70. The van der Waals surface area contributed by atoms with E-state index < -0.39 is 11.8 Å². The van der Waals surface area contributed by atoms with Crippen molar-refractivity contribution in [3.05, 3.63) is 29.6 Å². The first-order valence-corrected chi connectivity index (χ1v) is 6.74. The van der Waals surface area contributed by atoms with Crippen molar-refractivity contribution in [3.63, 3.8) is 0 Å². The Morgan fingerprint density at radius 2 is 2.30 bits per heavy atom. The quantitative estimate of drug-likeness (QED) is 0.683. The molecular weight excluding hydrogens is 261 g/mol. The summed E-state index contributed by atoms with van der Waals surface area (Å²) in [5.41, 5.74) is 4.70. The number of pyridine rings is 1. The minimum absolute atomic E-state index is 0.101. The number of carbonyl (C=O) groups excluding carboxylic acids is 1. The van der Waals surface area contributed by atoms with Crippen molar-refractivity contribution >= 4 is 5.91 Å². The molecule has 1 fully saturated rings. The fourth-order valence-corrected chi connectivity index (χ4v) is 1.69. The van der Waals surface area contributed by atoms with E-state index in [1.54, 1.807) is 12.1 Å². The van der Waals surface area contributed by atoms with Crippen molar-refractivity contribution in [1.82, 2.24) is 15.8 Å². The molecule has 20 heavy (non-hydrogen) atoms. The van der Waals surface area contributed by atoms with E-state index in [0.717, 1.165) is 12.8 Å². The normalized spacial score (nSPS) is 16.8. The molecule has 5 nitrogen and oxygen atoms in total. The number of nitrogens with one attached hydrogen (secondary N) is 2. The van der Waals surface area contributed by atoms with Gasteiger partial charge >= 0.3 is 0 Å². The molecule has 2 rings (SSSR count). The molecule has 1 heterocycles. The highest BCUT2D eigenvalue weighted by Gasteiger charge is 2.29. The number of aliphatic hydroxyl groups is 1. The molecule has 0 spiro atoms. The van der Waals surface area contributed by atoms with Crippen LogP contribution < -0.4 is 10.9 Å². The minimum atomic E-state index is -1.49. The van der Waals surface area contributed by atoms with E-state index in [1.807, 2.05) is 0 Å². The number of alkyl halides is 1. The highest BCUT2D eigenvalue weighted by Crippen LogP contribution is 2.19. The molecule has 0 bridgehead atoms. The van der Waals surface area contributed by atoms with E-state index in [0.29, 0.717) is 17.3 Å². The first-order valence-electron chi connectivity index (χ1n) is 6.74. The molecule has 1 aliphatic carbocycles. The van der Waals surface area contributed by atoms with Gasteiger partial charge in [0, 0.05) is 18.7 Å². The number of carbonyl (C=O) groups is 1. The maximum Gasteiger partial charge on any atom is 0.267 e. The standard InChI is InChI=1S/C14H20FN3O2/c1-14(2,20)12(15)8-11-10(4-3-7-16-11)13(19)18-17-9-5-6-9/h3-4,7,9,12,17,20H,5-6,8H2,1-2H3,(H,18,19). The monoisotopic (exact) mass is 281 g/mol. The molecule has 0 aromatic carbocycles. The summed E-state index contributed by atoms with van der Waals surface area (Å²) in [5, 5.41) is 9.65.